The summed E-state index contributed by atoms with van der Waals surface area (Å²) in [6.45, 7) is 1.51. The van der Waals surface area contributed by atoms with Crippen LogP contribution in [0.3, 0.4) is 0 Å². The van der Waals surface area contributed by atoms with Crippen LogP contribution in [0.25, 0.3) is 0 Å². The molecule has 0 aliphatic rings. The molecule has 0 aliphatic carbocycles. The summed E-state index contributed by atoms with van der Waals surface area (Å²) in [5.41, 5.74) is 5.52. The van der Waals surface area contributed by atoms with E-state index in [1.165, 1.54) is 57.8 Å². The summed E-state index contributed by atoms with van der Waals surface area (Å²) in [5.74, 6) is -0.756. The fourth-order valence-electron chi connectivity index (χ4n) is 4.70. The van der Waals surface area contributed by atoms with Gasteiger partial charge in [-0.15, -0.1) is 0 Å². The van der Waals surface area contributed by atoms with Crippen LogP contribution in [0, 0.1) is 0 Å². The number of carboxylic acids is 1. The molecule has 0 radical (unpaired) electrons. The van der Waals surface area contributed by atoms with Gasteiger partial charge in [0.25, 0.3) is 0 Å². The third kappa shape index (κ3) is 30.5. The van der Waals surface area contributed by atoms with Crippen molar-refractivity contribution in [1.82, 2.24) is 16.0 Å². The van der Waals surface area contributed by atoms with Gasteiger partial charge in [0.15, 0.2) is 0 Å². The van der Waals surface area contributed by atoms with Gasteiger partial charge >= 0.3 is 5.97 Å². The maximum absolute atomic E-state index is 12.0. The topological polar surface area (TPSA) is 168 Å². The van der Waals surface area contributed by atoms with Gasteiger partial charge in [0.2, 0.25) is 17.7 Å². The molecular weight excluding hydrogens is 536 g/mol. The molecule has 42 heavy (non-hydrogen) atoms. The molecule has 0 unspecified atom stereocenters. The maximum atomic E-state index is 12.0. The second kappa shape index (κ2) is 30.0. The molecule has 0 aromatic heterocycles. The summed E-state index contributed by atoms with van der Waals surface area (Å²) in [5, 5.41) is 17.2. The summed E-state index contributed by atoms with van der Waals surface area (Å²) in [4.78, 5) is 56.6. The number of carboxylic acid groups (broad SMARTS) is 1. The van der Waals surface area contributed by atoms with E-state index in [2.05, 4.69) is 16.0 Å². The van der Waals surface area contributed by atoms with Gasteiger partial charge in [-0.25, -0.2) is 0 Å². The average molecular weight is 597 g/mol. The van der Waals surface area contributed by atoms with Gasteiger partial charge in [0, 0.05) is 45.3 Å². The van der Waals surface area contributed by atoms with E-state index in [0.29, 0.717) is 64.6 Å². The van der Waals surface area contributed by atoms with Gasteiger partial charge in [-0.2, -0.15) is 0 Å². The molecule has 0 aromatic rings. The van der Waals surface area contributed by atoms with Crippen LogP contribution in [-0.4, -0.2) is 60.8 Å². The number of aldehydes is 1. The lowest BCUT2D eigenvalue weighted by atomic mass is 10.0. The fourth-order valence-corrected chi connectivity index (χ4v) is 4.70. The van der Waals surface area contributed by atoms with Gasteiger partial charge in [0.05, 0.1) is 6.04 Å². The van der Waals surface area contributed by atoms with Crippen molar-refractivity contribution in [2.24, 2.45) is 5.73 Å². The van der Waals surface area contributed by atoms with Gasteiger partial charge in [-0.05, 0) is 44.9 Å². The molecule has 0 rings (SSSR count). The van der Waals surface area contributed by atoms with Crippen molar-refractivity contribution in [1.29, 1.82) is 0 Å². The predicted octanol–water partition coefficient (Wildman–Crippen LogP) is 4.92. The summed E-state index contributed by atoms with van der Waals surface area (Å²) < 4.78 is 0. The Morgan fingerprint density at radius 1 is 0.500 bits per heavy atom. The van der Waals surface area contributed by atoms with Gasteiger partial charge < -0.3 is 31.6 Å². The van der Waals surface area contributed by atoms with E-state index >= 15 is 0 Å². The highest BCUT2D eigenvalue weighted by Gasteiger charge is 2.06. The minimum atomic E-state index is -0.691. The molecule has 0 aliphatic heterocycles. The Balaban J connectivity index is 3.38. The molecule has 0 spiro atoms. The first-order valence-corrected chi connectivity index (χ1v) is 16.6. The van der Waals surface area contributed by atoms with Crippen LogP contribution in [0.1, 0.15) is 148 Å². The lowest BCUT2D eigenvalue weighted by Gasteiger charge is -2.08. The van der Waals surface area contributed by atoms with Crippen molar-refractivity contribution in [2.45, 2.75) is 154 Å². The quantitative estimate of drug-likeness (QED) is 0.0559. The number of aliphatic carboxylic acids is 1. The number of carbonyl (C=O) groups excluding carboxylic acids is 4. The molecule has 0 bridgehead atoms. The zero-order valence-electron chi connectivity index (χ0n) is 26.1. The Morgan fingerprint density at radius 3 is 1.21 bits per heavy atom. The van der Waals surface area contributed by atoms with E-state index in [1.807, 2.05) is 0 Å². The third-order valence-electron chi connectivity index (χ3n) is 7.31. The van der Waals surface area contributed by atoms with Gasteiger partial charge in [-0.3, -0.25) is 19.2 Å². The monoisotopic (exact) mass is 596 g/mol. The largest absolute Gasteiger partial charge is 0.481 e. The average Bonchev–Trinajstić information content (AvgIpc) is 2.96. The number of nitrogens with one attached hydrogen (secondary N) is 3. The van der Waals surface area contributed by atoms with Crippen molar-refractivity contribution < 1.29 is 29.1 Å². The molecule has 6 N–H and O–H groups in total. The lowest BCUT2D eigenvalue weighted by Crippen LogP contribution is -2.29. The van der Waals surface area contributed by atoms with Crippen LogP contribution in [-0.2, 0) is 24.0 Å². The number of hydrogen-bond donors (Lipinski definition) is 5. The first-order chi connectivity index (χ1) is 20.3. The van der Waals surface area contributed by atoms with Crippen molar-refractivity contribution in [3.8, 4) is 0 Å². The highest BCUT2D eigenvalue weighted by atomic mass is 16.4. The van der Waals surface area contributed by atoms with Crippen molar-refractivity contribution in [2.75, 3.05) is 19.6 Å². The van der Waals surface area contributed by atoms with E-state index in [0.717, 1.165) is 51.2 Å². The number of carbonyl (C=O) groups is 5. The number of nitrogens with two attached hydrogens (primary N) is 1. The summed E-state index contributed by atoms with van der Waals surface area (Å²) in [6, 6.07) is -0.426. The highest BCUT2D eigenvalue weighted by molar-refractivity contribution is 5.77. The van der Waals surface area contributed by atoms with E-state index < -0.39 is 12.0 Å². The Morgan fingerprint density at radius 2 is 0.833 bits per heavy atom. The molecule has 0 heterocycles. The van der Waals surface area contributed by atoms with Gasteiger partial charge in [-0.1, -0.05) is 77.0 Å². The molecule has 0 saturated carbocycles. The van der Waals surface area contributed by atoms with E-state index in [9.17, 15) is 24.0 Å². The molecule has 10 heteroatoms. The van der Waals surface area contributed by atoms with Crippen molar-refractivity contribution in [3.05, 3.63) is 0 Å². The Kier molecular flexibility index (Phi) is 28.2. The van der Waals surface area contributed by atoms with Crippen LogP contribution >= 0.6 is 0 Å². The van der Waals surface area contributed by atoms with E-state index in [4.69, 9.17) is 10.8 Å². The van der Waals surface area contributed by atoms with Crippen LogP contribution < -0.4 is 21.7 Å². The first-order valence-electron chi connectivity index (χ1n) is 16.6. The molecule has 1 atom stereocenters. The molecule has 0 aromatic carbocycles. The minimum Gasteiger partial charge on any atom is -0.481 e. The summed E-state index contributed by atoms with van der Waals surface area (Å²) in [7, 11) is 0. The smallest absolute Gasteiger partial charge is 0.303 e. The number of rotatable bonds is 31. The Hall–Kier alpha value is -2.49. The number of hydrogen-bond acceptors (Lipinski definition) is 6. The summed E-state index contributed by atoms with van der Waals surface area (Å²) >= 11 is 0. The maximum Gasteiger partial charge on any atom is 0.303 e. The van der Waals surface area contributed by atoms with E-state index in [-0.39, 0.29) is 17.7 Å². The van der Waals surface area contributed by atoms with Crippen LogP contribution in [0.15, 0.2) is 0 Å². The molecule has 10 nitrogen and oxygen atoms in total. The zero-order valence-corrected chi connectivity index (χ0v) is 26.1. The second-order valence-corrected chi connectivity index (χ2v) is 11.4. The highest BCUT2D eigenvalue weighted by Crippen LogP contribution is 2.13. The van der Waals surface area contributed by atoms with Crippen molar-refractivity contribution >= 4 is 30.0 Å². The van der Waals surface area contributed by atoms with Crippen LogP contribution in [0.4, 0.5) is 0 Å². The Labute approximate surface area is 254 Å². The molecule has 244 valence electrons. The fraction of sp³-hybridized carbons (Fsp3) is 0.844. The molecule has 0 fully saturated rings. The molecular formula is C32H60N4O6. The van der Waals surface area contributed by atoms with Crippen LogP contribution in [0.5, 0.6) is 0 Å². The Bertz CT molecular complexity index is 719. The summed E-state index contributed by atoms with van der Waals surface area (Å²) in [6.07, 6.45) is 21.9. The second-order valence-electron chi connectivity index (χ2n) is 11.4. The first kappa shape index (κ1) is 39.5. The van der Waals surface area contributed by atoms with E-state index in [1.54, 1.807) is 0 Å². The minimum absolute atomic E-state index is 0.0474. The standard InChI is InChI=1S/C32H60N4O6/c33-28(27-37)19-15-16-24-34-30(39)21-17-26-36-31(40)22-18-25-35-29(38)20-13-11-9-7-5-3-1-2-4-6-8-10-12-14-23-32(41)42/h27-28H,1-26,33H2,(H,34,39)(H,35,38)(H,36,40)(H,41,42)/t28-/m0/s1. The van der Waals surface area contributed by atoms with Crippen LogP contribution in [0.2, 0.25) is 0 Å². The SMILES string of the molecule is N[C@H](C=O)CCCCNC(=O)CCCNC(=O)CCCNC(=O)CCCCCCCCCCCCCCCCC(=O)O. The van der Waals surface area contributed by atoms with Crippen molar-refractivity contribution in [3.63, 3.8) is 0 Å². The molecule has 0 saturated heterocycles. The van der Waals surface area contributed by atoms with Gasteiger partial charge in [0.1, 0.15) is 6.29 Å². The molecule has 3 amide bonds. The number of unbranched alkanes of at least 4 members (excludes halogenated alkanes) is 14. The number of amides is 3. The normalized spacial score (nSPS) is 11.5. The lowest BCUT2D eigenvalue weighted by molar-refractivity contribution is -0.137. The predicted molar refractivity (Wildman–Crippen MR) is 167 cm³/mol. The third-order valence-corrected chi connectivity index (χ3v) is 7.31. The zero-order chi connectivity index (χ0) is 31.1.